The highest BCUT2D eigenvalue weighted by atomic mass is 16.4. The number of likely N-dealkylation sites (tertiary alicyclic amines) is 1. The summed E-state index contributed by atoms with van der Waals surface area (Å²) < 4.78 is 5.88. The zero-order valence-electron chi connectivity index (χ0n) is 13.5. The molecule has 7 nitrogen and oxygen atoms in total. The van der Waals surface area contributed by atoms with E-state index in [-0.39, 0.29) is 5.41 Å². The van der Waals surface area contributed by atoms with Crippen LogP contribution in [0.2, 0.25) is 0 Å². The number of aromatic amines is 1. The van der Waals surface area contributed by atoms with Crippen LogP contribution >= 0.6 is 0 Å². The molecule has 4 heterocycles. The van der Waals surface area contributed by atoms with E-state index in [1.165, 1.54) is 0 Å². The van der Waals surface area contributed by atoms with Crippen molar-refractivity contribution in [2.24, 2.45) is 5.41 Å². The lowest BCUT2D eigenvalue weighted by Gasteiger charge is -2.33. The highest BCUT2D eigenvalue weighted by Crippen LogP contribution is 2.42. The first kappa shape index (κ1) is 15.4. The molecule has 4 rings (SSSR count). The summed E-state index contributed by atoms with van der Waals surface area (Å²) in [6.45, 7) is 3.31. The first-order valence-electron chi connectivity index (χ1n) is 8.41. The number of nitrogens with one attached hydrogen (secondary N) is 2. The van der Waals surface area contributed by atoms with Crippen molar-refractivity contribution in [2.45, 2.75) is 31.8 Å². The van der Waals surface area contributed by atoms with Gasteiger partial charge in [0.2, 0.25) is 0 Å². The molecule has 0 bridgehead atoms. The minimum atomic E-state index is -0.731. The number of hydrogen-bond donors (Lipinski definition) is 3. The summed E-state index contributed by atoms with van der Waals surface area (Å²) in [5.41, 5.74) is 0.958. The van der Waals surface area contributed by atoms with E-state index in [1.54, 1.807) is 6.20 Å². The third-order valence-corrected chi connectivity index (χ3v) is 5.34. The van der Waals surface area contributed by atoms with Gasteiger partial charge in [-0.15, -0.1) is 0 Å². The molecular formula is C17H22N4O3. The fraction of sp³-hybridized carbons (Fsp3) is 0.529. The number of carbonyl (C=O) groups is 1. The average molecular weight is 330 g/mol. The monoisotopic (exact) mass is 330 g/mol. The number of aromatic nitrogens is 2. The molecule has 2 aliphatic rings. The van der Waals surface area contributed by atoms with Crippen LogP contribution in [0.25, 0.3) is 11.5 Å². The highest BCUT2D eigenvalue weighted by Gasteiger charge is 2.47. The van der Waals surface area contributed by atoms with Crippen molar-refractivity contribution in [2.75, 3.05) is 19.6 Å². The van der Waals surface area contributed by atoms with Gasteiger partial charge in [-0.3, -0.25) is 14.8 Å². The Balaban J connectivity index is 1.51. The molecule has 0 aliphatic carbocycles. The lowest BCUT2D eigenvalue weighted by atomic mass is 9.77. The number of aliphatic carboxylic acids is 1. The van der Waals surface area contributed by atoms with Gasteiger partial charge in [-0.1, -0.05) is 0 Å². The predicted molar refractivity (Wildman–Crippen MR) is 87.3 cm³/mol. The van der Waals surface area contributed by atoms with Crippen molar-refractivity contribution >= 4 is 5.97 Å². The molecular weight excluding hydrogens is 308 g/mol. The summed E-state index contributed by atoms with van der Waals surface area (Å²) in [5.74, 6) is 0.785. The Bertz CT molecular complexity index is 703. The van der Waals surface area contributed by atoms with Gasteiger partial charge in [-0.25, -0.2) is 0 Å². The van der Waals surface area contributed by atoms with Crippen molar-refractivity contribution in [1.29, 1.82) is 0 Å². The lowest BCUT2D eigenvalue weighted by molar-refractivity contribution is -0.142. The van der Waals surface area contributed by atoms with Gasteiger partial charge in [0, 0.05) is 12.7 Å². The van der Waals surface area contributed by atoms with Gasteiger partial charge in [0.05, 0.1) is 6.54 Å². The fourth-order valence-electron chi connectivity index (χ4n) is 4.07. The first-order chi connectivity index (χ1) is 11.7. The number of hydrogen-bond acceptors (Lipinski definition) is 5. The number of H-pyrrole nitrogens is 1. The Kier molecular flexibility index (Phi) is 3.90. The third-order valence-electron chi connectivity index (χ3n) is 5.34. The first-order valence-corrected chi connectivity index (χ1v) is 8.41. The van der Waals surface area contributed by atoms with Crippen LogP contribution in [0.5, 0.6) is 0 Å². The van der Waals surface area contributed by atoms with E-state index < -0.39 is 12.0 Å². The molecule has 0 aromatic carbocycles. The molecule has 7 heteroatoms. The number of piperidine rings is 1. The maximum absolute atomic E-state index is 11.7. The average Bonchev–Trinajstić information content (AvgIpc) is 3.29. The van der Waals surface area contributed by atoms with Crippen molar-refractivity contribution < 1.29 is 14.3 Å². The van der Waals surface area contributed by atoms with E-state index in [1.807, 2.05) is 18.2 Å². The number of carboxylic acid groups (broad SMARTS) is 1. The number of carboxylic acids is 1. The fourth-order valence-corrected chi connectivity index (χ4v) is 4.07. The minimum Gasteiger partial charge on any atom is -0.480 e. The van der Waals surface area contributed by atoms with Gasteiger partial charge in [-0.2, -0.15) is 5.10 Å². The lowest BCUT2D eigenvalue weighted by Crippen LogP contribution is -2.38. The summed E-state index contributed by atoms with van der Waals surface area (Å²) in [7, 11) is 0. The van der Waals surface area contributed by atoms with Crippen LogP contribution in [0.4, 0.5) is 0 Å². The van der Waals surface area contributed by atoms with E-state index in [9.17, 15) is 9.90 Å². The molecule has 2 saturated heterocycles. The maximum atomic E-state index is 11.7. The van der Waals surface area contributed by atoms with Crippen molar-refractivity contribution in [3.05, 3.63) is 30.2 Å². The zero-order chi connectivity index (χ0) is 16.6. The van der Waals surface area contributed by atoms with Gasteiger partial charge < -0.3 is 14.8 Å². The summed E-state index contributed by atoms with van der Waals surface area (Å²) >= 11 is 0. The zero-order valence-corrected chi connectivity index (χ0v) is 13.5. The number of furan rings is 1. The van der Waals surface area contributed by atoms with Gasteiger partial charge >= 0.3 is 5.97 Å². The molecule has 2 fully saturated rings. The molecule has 3 N–H and O–H groups in total. The molecule has 2 aromatic heterocycles. The molecule has 0 saturated carbocycles. The maximum Gasteiger partial charge on any atom is 0.320 e. The van der Waals surface area contributed by atoms with Crippen LogP contribution in [-0.2, 0) is 11.3 Å². The summed E-state index contributed by atoms with van der Waals surface area (Å²) in [6.07, 6.45) is 4.51. The second-order valence-electron chi connectivity index (χ2n) is 6.95. The minimum absolute atomic E-state index is 0.132. The normalized spacial score (nSPS) is 23.8. The Morgan fingerprint density at radius 2 is 2.21 bits per heavy atom. The van der Waals surface area contributed by atoms with Crippen LogP contribution in [-0.4, -0.2) is 51.8 Å². The molecule has 128 valence electrons. The van der Waals surface area contributed by atoms with Crippen LogP contribution in [0.1, 0.15) is 25.0 Å². The Morgan fingerprint density at radius 3 is 2.92 bits per heavy atom. The smallest absolute Gasteiger partial charge is 0.320 e. The Morgan fingerprint density at radius 1 is 1.38 bits per heavy atom. The largest absolute Gasteiger partial charge is 0.480 e. The van der Waals surface area contributed by atoms with E-state index in [4.69, 9.17) is 4.42 Å². The summed E-state index contributed by atoms with van der Waals surface area (Å²) in [4.78, 5) is 13.8. The van der Waals surface area contributed by atoms with Crippen LogP contribution in [0.15, 0.2) is 28.8 Å². The topological polar surface area (TPSA) is 94.4 Å². The van der Waals surface area contributed by atoms with Crippen molar-refractivity contribution in [3.8, 4) is 11.5 Å². The van der Waals surface area contributed by atoms with Crippen LogP contribution in [0.3, 0.4) is 0 Å². The summed E-state index contributed by atoms with van der Waals surface area (Å²) in [5, 5.41) is 19.8. The quantitative estimate of drug-likeness (QED) is 0.790. The predicted octanol–water partition coefficient (Wildman–Crippen LogP) is 1.70. The van der Waals surface area contributed by atoms with Crippen molar-refractivity contribution in [1.82, 2.24) is 20.4 Å². The standard InChI is InChI=1S/C17H22N4O3/c22-16(23)14-9-17(4-7-18-8-5-17)11-21(14)10-12-1-2-15(24-12)13-3-6-19-20-13/h1-3,6,14,18H,4-5,7-11H2,(H,19,20)(H,22,23)/t14-/m1/s1. The molecule has 2 aliphatic heterocycles. The Labute approximate surface area is 140 Å². The molecule has 0 radical (unpaired) electrons. The van der Waals surface area contributed by atoms with Gasteiger partial charge in [0.25, 0.3) is 0 Å². The SMILES string of the molecule is O=C(O)[C@H]1CC2(CCNCC2)CN1Cc1ccc(-c2ccn[nH]2)o1. The van der Waals surface area contributed by atoms with Gasteiger partial charge in [0.15, 0.2) is 5.76 Å². The highest BCUT2D eigenvalue weighted by molar-refractivity contribution is 5.74. The molecule has 2 aromatic rings. The van der Waals surface area contributed by atoms with E-state index >= 15 is 0 Å². The summed E-state index contributed by atoms with van der Waals surface area (Å²) in [6, 6.07) is 5.24. The second-order valence-corrected chi connectivity index (χ2v) is 6.95. The van der Waals surface area contributed by atoms with Gasteiger partial charge in [-0.05, 0) is 56.0 Å². The van der Waals surface area contributed by atoms with Crippen molar-refractivity contribution in [3.63, 3.8) is 0 Å². The second kappa shape index (κ2) is 6.07. The van der Waals surface area contributed by atoms with E-state index in [2.05, 4.69) is 20.4 Å². The molecule has 0 unspecified atom stereocenters. The molecule has 0 amide bonds. The third kappa shape index (κ3) is 2.85. The number of nitrogens with zero attached hydrogens (tertiary/aromatic N) is 2. The van der Waals surface area contributed by atoms with E-state index in [0.717, 1.165) is 56.1 Å². The molecule has 1 spiro atoms. The van der Waals surface area contributed by atoms with Crippen LogP contribution < -0.4 is 5.32 Å². The Hall–Kier alpha value is -2.12. The van der Waals surface area contributed by atoms with Gasteiger partial charge in [0.1, 0.15) is 17.5 Å². The van der Waals surface area contributed by atoms with E-state index in [0.29, 0.717) is 6.54 Å². The number of rotatable bonds is 4. The molecule has 24 heavy (non-hydrogen) atoms. The van der Waals surface area contributed by atoms with Crippen LogP contribution in [0, 0.1) is 5.41 Å². The molecule has 1 atom stereocenters.